The largest absolute Gasteiger partial charge is 0.328 e. The van der Waals surface area contributed by atoms with Gasteiger partial charge in [-0.2, -0.15) is 0 Å². The van der Waals surface area contributed by atoms with Crippen LogP contribution in [0, 0.1) is 12.7 Å². The number of nitrogens with one attached hydrogen (secondary N) is 1. The summed E-state index contributed by atoms with van der Waals surface area (Å²) in [6.07, 6.45) is 0.389. The van der Waals surface area contributed by atoms with E-state index in [1.165, 1.54) is 17.9 Å². The monoisotopic (exact) mass is 480 g/mol. The molecule has 1 aliphatic rings. The number of hydrogen-bond donors (Lipinski definition) is 1. The molecule has 1 unspecified atom stereocenters. The van der Waals surface area contributed by atoms with Crippen LogP contribution in [0.2, 0.25) is 0 Å². The highest BCUT2D eigenvalue weighted by Gasteiger charge is 2.50. The second-order valence-electron chi connectivity index (χ2n) is 8.68. The summed E-state index contributed by atoms with van der Waals surface area (Å²) in [7, 11) is -4.42. The van der Waals surface area contributed by atoms with E-state index in [0.717, 1.165) is 28.8 Å². The van der Waals surface area contributed by atoms with Crippen LogP contribution < -0.4 is 4.72 Å². The van der Waals surface area contributed by atoms with E-state index in [4.69, 9.17) is 0 Å². The van der Waals surface area contributed by atoms with Crippen LogP contribution in [-0.2, 0) is 26.0 Å². The van der Waals surface area contributed by atoms with Crippen LogP contribution in [0.4, 0.5) is 4.39 Å². The predicted octanol–water partition coefficient (Wildman–Crippen LogP) is 3.84. The lowest BCUT2D eigenvalue weighted by Crippen LogP contribution is -2.68. The maximum absolute atomic E-state index is 14.1. The number of carbonyl (C=O) groups is 2. The fraction of sp³-hybridized carbons (Fsp3) is 0.231. The Balaban J connectivity index is 1.45. The molecule has 3 aromatic rings. The van der Waals surface area contributed by atoms with E-state index >= 15 is 0 Å². The van der Waals surface area contributed by atoms with Gasteiger partial charge in [0.2, 0.25) is 5.91 Å². The summed E-state index contributed by atoms with van der Waals surface area (Å²) in [5, 5.41) is 0. The molecule has 0 radical (unpaired) electrons. The average molecular weight is 481 g/mol. The first-order valence-corrected chi connectivity index (χ1v) is 12.4. The van der Waals surface area contributed by atoms with Crippen LogP contribution in [-0.4, -0.2) is 37.2 Å². The summed E-state index contributed by atoms with van der Waals surface area (Å²) in [4.78, 5) is 26.6. The van der Waals surface area contributed by atoms with E-state index < -0.39 is 32.2 Å². The van der Waals surface area contributed by atoms with Gasteiger partial charge in [0.25, 0.3) is 15.9 Å². The highest BCUT2D eigenvalue weighted by Crippen LogP contribution is 2.32. The quantitative estimate of drug-likeness (QED) is 0.581. The van der Waals surface area contributed by atoms with Crippen molar-refractivity contribution < 1.29 is 22.4 Å². The smallest absolute Gasteiger partial charge is 0.267 e. The summed E-state index contributed by atoms with van der Waals surface area (Å²) < 4.78 is 41.3. The van der Waals surface area contributed by atoms with Crippen molar-refractivity contribution in [2.45, 2.75) is 37.1 Å². The van der Waals surface area contributed by atoms with Gasteiger partial charge in [0.1, 0.15) is 16.3 Å². The predicted molar refractivity (Wildman–Crippen MR) is 127 cm³/mol. The zero-order valence-corrected chi connectivity index (χ0v) is 19.7. The first-order valence-electron chi connectivity index (χ1n) is 10.9. The van der Waals surface area contributed by atoms with Crippen molar-refractivity contribution in [1.82, 2.24) is 9.62 Å². The molecule has 1 aliphatic heterocycles. The average Bonchev–Trinajstić information content (AvgIpc) is 2.80. The maximum atomic E-state index is 14.1. The molecule has 1 heterocycles. The van der Waals surface area contributed by atoms with Crippen molar-refractivity contribution in [1.29, 1.82) is 0 Å². The lowest BCUT2D eigenvalue weighted by molar-refractivity contribution is -0.156. The first kappa shape index (κ1) is 23.6. The minimum absolute atomic E-state index is 0.0806. The summed E-state index contributed by atoms with van der Waals surface area (Å²) in [6, 6.07) is 21.1. The third kappa shape index (κ3) is 4.59. The molecule has 0 aliphatic carbocycles. The number of aryl methyl sites for hydroxylation is 1. The van der Waals surface area contributed by atoms with E-state index in [1.54, 1.807) is 6.92 Å². The third-order valence-electron chi connectivity index (χ3n) is 6.23. The topological polar surface area (TPSA) is 83.6 Å². The van der Waals surface area contributed by atoms with Crippen molar-refractivity contribution in [2.24, 2.45) is 0 Å². The van der Waals surface area contributed by atoms with Crippen LogP contribution in [0.3, 0.4) is 0 Å². The molecule has 0 aromatic heterocycles. The molecule has 0 bridgehead atoms. The zero-order valence-electron chi connectivity index (χ0n) is 18.9. The third-order valence-corrected chi connectivity index (χ3v) is 7.57. The summed E-state index contributed by atoms with van der Waals surface area (Å²) in [5.74, 6) is -2.08. The van der Waals surface area contributed by atoms with Crippen LogP contribution in [0.25, 0.3) is 11.1 Å². The number of carbonyl (C=O) groups excluding carboxylic acids is 2. The SMILES string of the molecule is Cc1ccc(F)c(S(=O)(=O)NC(=O)C2(C)CCN2C(=O)Cc2ccc(-c3ccccc3)cc2)c1. The standard InChI is InChI=1S/C26H25FN2O4S/c1-18-8-13-22(27)23(16-18)34(32,33)28-25(31)26(2)14-15-29(26)24(30)17-19-9-11-21(12-10-19)20-6-4-3-5-7-20/h3-13,16H,14-15,17H2,1-2H3,(H,28,31). The lowest BCUT2D eigenvalue weighted by atomic mass is 9.85. The van der Waals surface area contributed by atoms with Gasteiger partial charge in [-0.1, -0.05) is 60.7 Å². The van der Waals surface area contributed by atoms with Crippen molar-refractivity contribution in [3.8, 4) is 11.1 Å². The number of hydrogen-bond acceptors (Lipinski definition) is 4. The molecule has 2 amide bonds. The Bertz CT molecular complexity index is 1340. The molecule has 3 aromatic carbocycles. The molecule has 6 nitrogen and oxygen atoms in total. The van der Waals surface area contributed by atoms with Crippen molar-refractivity contribution in [3.63, 3.8) is 0 Å². The Hall–Kier alpha value is -3.52. The highest BCUT2D eigenvalue weighted by atomic mass is 32.2. The van der Waals surface area contributed by atoms with Gasteiger partial charge in [-0.25, -0.2) is 17.5 Å². The van der Waals surface area contributed by atoms with Gasteiger partial charge in [0.15, 0.2) is 0 Å². The molecule has 8 heteroatoms. The zero-order chi connectivity index (χ0) is 24.5. The molecular weight excluding hydrogens is 455 g/mol. The van der Waals surface area contributed by atoms with Gasteiger partial charge in [-0.3, -0.25) is 9.59 Å². The second kappa shape index (κ2) is 9.02. The van der Waals surface area contributed by atoms with Gasteiger partial charge >= 0.3 is 0 Å². The van der Waals surface area contributed by atoms with Crippen molar-refractivity contribution in [3.05, 3.63) is 89.7 Å². The Labute approximate surface area is 198 Å². The number of sulfonamides is 1. The Kier molecular flexibility index (Phi) is 6.27. The van der Waals surface area contributed by atoms with Gasteiger partial charge in [0.05, 0.1) is 6.42 Å². The minimum Gasteiger partial charge on any atom is -0.328 e. The van der Waals surface area contributed by atoms with E-state index in [0.29, 0.717) is 18.5 Å². The Morgan fingerprint density at radius 1 is 1.00 bits per heavy atom. The number of halogens is 1. The maximum Gasteiger partial charge on any atom is 0.267 e. The van der Waals surface area contributed by atoms with E-state index in [2.05, 4.69) is 0 Å². The summed E-state index contributed by atoms with van der Waals surface area (Å²) >= 11 is 0. The Morgan fingerprint density at radius 2 is 1.65 bits per heavy atom. The van der Waals surface area contributed by atoms with E-state index in [9.17, 15) is 22.4 Å². The number of benzene rings is 3. The highest BCUT2D eigenvalue weighted by molar-refractivity contribution is 7.90. The van der Waals surface area contributed by atoms with Gasteiger partial charge in [-0.05, 0) is 54.7 Å². The number of rotatable bonds is 6. The molecule has 34 heavy (non-hydrogen) atoms. The van der Waals surface area contributed by atoms with Crippen LogP contribution in [0.15, 0.2) is 77.7 Å². The molecule has 1 atom stereocenters. The van der Waals surface area contributed by atoms with Crippen molar-refractivity contribution >= 4 is 21.8 Å². The molecule has 4 rings (SSSR count). The molecule has 176 valence electrons. The number of likely N-dealkylation sites (tertiary alicyclic amines) is 1. The van der Waals surface area contributed by atoms with E-state index in [-0.39, 0.29) is 12.3 Å². The fourth-order valence-corrected chi connectivity index (χ4v) is 5.25. The number of nitrogens with zero attached hydrogens (tertiary/aromatic N) is 1. The molecule has 1 N–H and O–H groups in total. The number of amides is 2. The van der Waals surface area contributed by atoms with Crippen LogP contribution in [0.1, 0.15) is 24.5 Å². The van der Waals surface area contributed by atoms with Gasteiger partial charge in [0, 0.05) is 6.54 Å². The molecular formula is C26H25FN2O4S. The summed E-state index contributed by atoms with van der Waals surface area (Å²) in [6.45, 7) is 3.48. The van der Waals surface area contributed by atoms with E-state index in [1.807, 2.05) is 59.3 Å². The van der Waals surface area contributed by atoms with Crippen molar-refractivity contribution in [2.75, 3.05) is 6.54 Å². The second-order valence-corrected chi connectivity index (χ2v) is 10.3. The normalized spacial score (nSPS) is 17.7. The fourth-order valence-electron chi connectivity index (χ4n) is 4.01. The molecule has 0 saturated carbocycles. The molecule has 0 spiro atoms. The molecule has 1 saturated heterocycles. The minimum atomic E-state index is -4.42. The molecule has 1 fully saturated rings. The van der Waals surface area contributed by atoms with Crippen LogP contribution in [0.5, 0.6) is 0 Å². The van der Waals surface area contributed by atoms with Gasteiger partial charge < -0.3 is 4.90 Å². The van der Waals surface area contributed by atoms with Gasteiger partial charge in [-0.15, -0.1) is 0 Å². The first-order chi connectivity index (χ1) is 16.1. The Morgan fingerprint density at radius 3 is 2.26 bits per heavy atom. The van der Waals surface area contributed by atoms with Crippen LogP contribution >= 0.6 is 0 Å². The lowest BCUT2D eigenvalue weighted by Gasteiger charge is -2.49. The summed E-state index contributed by atoms with van der Waals surface area (Å²) in [5.41, 5.74) is 2.10.